The van der Waals surface area contributed by atoms with Crippen LogP contribution in [0.2, 0.25) is 10.0 Å². The van der Waals surface area contributed by atoms with E-state index in [0.29, 0.717) is 34.3 Å². The Morgan fingerprint density at radius 1 is 0.947 bits per heavy atom. The number of anilines is 2. The molecule has 0 bridgehead atoms. The van der Waals surface area contributed by atoms with Gasteiger partial charge in [-0.1, -0.05) is 41.8 Å². The lowest BCUT2D eigenvalue weighted by atomic mass is 9.84. The Morgan fingerprint density at radius 2 is 1.55 bits per heavy atom. The van der Waals surface area contributed by atoms with Gasteiger partial charge in [-0.3, -0.25) is 15.4 Å². The van der Waals surface area contributed by atoms with Crippen LogP contribution in [-0.4, -0.2) is 65.6 Å². The predicted octanol–water partition coefficient (Wildman–Crippen LogP) is 3.52. The number of hydrogen-bond acceptors (Lipinski definition) is 8. The van der Waals surface area contributed by atoms with Crippen LogP contribution in [0, 0.1) is 5.92 Å². The van der Waals surface area contributed by atoms with Crippen LogP contribution in [0.1, 0.15) is 19.3 Å². The third-order valence-corrected chi connectivity index (χ3v) is 6.71. The molecule has 1 aliphatic heterocycles. The summed E-state index contributed by atoms with van der Waals surface area (Å²) in [6.07, 6.45) is -5.51. The number of carbonyl (C=O) groups is 3. The van der Waals surface area contributed by atoms with Gasteiger partial charge in [0, 0.05) is 27.3 Å². The zero-order chi connectivity index (χ0) is 27.2. The molecule has 0 unspecified atom stereocenters. The van der Waals surface area contributed by atoms with Crippen molar-refractivity contribution in [3.8, 4) is 0 Å². The van der Waals surface area contributed by atoms with Gasteiger partial charge in [-0.15, -0.1) is 0 Å². The highest BCUT2D eigenvalue weighted by Crippen LogP contribution is 2.29. The topological polar surface area (TPSA) is 155 Å². The van der Waals surface area contributed by atoms with Crippen molar-refractivity contribution in [1.29, 1.82) is 0 Å². The number of carbonyl (C=O) groups excluding carboxylic acids is 3. The zero-order valence-electron chi connectivity index (χ0n) is 20.0. The number of nitrogens with one attached hydrogen (secondary N) is 3. The van der Waals surface area contributed by atoms with E-state index in [2.05, 4.69) is 16.0 Å². The lowest BCUT2D eigenvalue weighted by Gasteiger charge is -2.42. The summed E-state index contributed by atoms with van der Waals surface area (Å²) in [7, 11) is 0. The van der Waals surface area contributed by atoms with Crippen LogP contribution in [0.4, 0.5) is 21.0 Å². The van der Waals surface area contributed by atoms with Gasteiger partial charge in [0.25, 0.3) is 0 Å². The van der Waals surface area contributed by atoms with Gasteiger partial charge in [-0.25, -0.2) is 9.59 Å². The summed E-state index contributed by atoms with van der Waals surface area (Å²) in [5.41, 5.74) is 0.711. The maximum atomic E-state index is 12.7. The van der Waals surface area contributed by atoms with E-state index in [1.54, 1.807) is 36.4 Å². The van der Waals surface area contributed by atoms with Crippen LogP contribution in [0.5, 0.6) is 0 Å². The molecule has 0 spiro atoms. The molecular formula is C25H27Cl2N3O8. The summed E-state index contributed by atoms with van der Waals surface area (Å²) >= 11 is 11.9. The summed E-state index contributed by atoms with van der Waals surface area (Å²) in [5.74, 6) is -0.591. The molecule has 1 aliphatic carbocycles. The van der Waals surface area contributed by atoms with E-state index in [9.17, 15) is 24.6 Å². The van der Waals surface area contributed by atoms with Crippen LogP contribution >= 0.6 is 23.2 Å². The first-order chi connectivity index (χ1) is 18.2. The highest BCUT2D eigenvalue weighted by molar-refractivity contribution is 6.31. The van der Waals surface area contributed by atoms with E-state index in [0.717, 1.165) is 6.42 Å². The molecule has 1 heterocycles. The number of halogens is 2. The second kappa shape index (κ2) is 12.6. The van der Waals surface area contributed by atoms with E-state index in [1.807, 2.05) is 0 Å². The van der Waals surface area contributed by atoms with Crippen molar-refractivity contribution in [2.45, 2.75) is 49.9 Å². The smallest absolute Gasteiger partial charge is 0.412 e. The van der Waals surface area contributed by atoms with Gasteiger partial charge in [0.1, 0.15) is 24.9 Å². The van der Waals surface area contributed by atoms with Crippen LogP contribution in [-0.2, 0) is 19.0 Å². The number of amides is 3. The fourth-order valence-electron chi connectivity index (χ4n) is 4.03. The number of hydrogen-bond donors (Lipinski definition) is 5. The zero-order valence-corrected chi connectivity index (χ0v) is 21.5. The van der Waals surface area contributed by atoms with E-state index >= 15 is 0 Å². The van der Waals surface area contributed by atoms with Crippen molar-refractivity contribution in [1.82, 2.24) is 5.32 Å². The molecule has 11 nitrogen and oxygen atoms in total. The Labute approximate surface area is 228 Å². The quantitative estimate of drug-likeness (QED) is 0.340. The molecular weight excluding hydrogens is 541 g/mol. The molecule has 2 fully saturated rings. The summed E-state index contributed by atoms with van der Waals surface area (Å²) in [6.45, 7) is -0.496. The molecule has 5 N–H and O–H groups in total. The Bertz CT molecular complexity index is 1160. The highest BCUT2D eigenvalue weighted by Gasteiger charge is 2.49. The minimum absolute atomic E-state index is 0.239. The molecule has 38 heavy (non-hydrogen) atoms. The maximum Gasteiger partial charge on any atom is 0.412 e. The molecule has 2 aliphatic rings. The minimum atomic E-state index is -1.67. The minimum Gasteiger partial charge on any atom is -0.446 e. The number of aliphatic hydroxyl groups is 2. The van der Waals surface area contributed by atoms with E-state index in [-0.39, 0.29) is 11.8 Å². The number of benzene rings is 2. The first-order valence-corrected chi connectivity index (χ1v) is 12.7. The van der Waals surface area contributed by atoms with E-state index in [1.165, 1.54) is 12.1 Å². The van der Waals surface area contributed by atoms with Crippen LogP contribution < -0.4 is 16.0 Å². The average Bonchev–Trinajstić information content (AvgIpc) is 2.81. The molecule has 0 radical (unpaired) electrons. The van der Waals surface area contributed by atoms with Crippen molar-refractivity contribution in [2.75, 3.05) is 17.2 Å². The molecule has 1 saturated heterocycles. The predicted molar refractivity (Wildman–Crippen MR) is 138 cm³/mol. The lowest BCUT2D eigenvalue weighted by molar-refractivity contribution is -0.252. The largest absolute Gasteiger partial charge is 0.446 e. The molecule has 13 heteroatoms. The van der Waals surface area contributed by atoms with Crippen molar-refractivity contribution in [2.24, 2.45) is 5.92 Å². The Hall–Kier alpha value is -3.09. The third-order valence-electron chi connectivity index (χ3n) is 6.24. The maximum absolute atomic E-state index is 12.7. The second-order valence-electron chi connectivity index (χ2n) is 8.96. The first kappa shape index (κ1) is 27.9. The Morgan fingerprint density at radius 3 is 2.11 bits per heavy atom. The van der Waals surface area contributed by atoms with Gasteiger partial charge in [0.2, 0.25) is 5.91 Å². The molecule has 0 aromatic heterocycles. The van der Waals surface area contributed by atoms with Crippen molar-refractivity contribution in [3.05, 3.63) is 58.6 Å². The Balaban J connectivity index is 1.42. The standard InChI is InChI=1S/C25H27Cl2N3O8/c26-14-6-2-8-16(10-14)28-24(34)36-12-18-20(31)21(38-25(35)29-17-9-3-7-15(27)11-17)19(23(33)37-18)30-22(32)13-4-1-5-13/h2-3,6-11,13,18-21,23,31,33H,1,4-5,12H2,(H,28,34)(H,29,35)(H,30,32)/t18-,19-,20-,21-,23-/m1/s1. The van der Waals surface area contributed by atoms with Crippen LogP contribution in [0.15, 0.2) is 48.5 Å². The van der Waals surface area contributed by atoms with Crippen molar-refractivity contribution in [3.63, 3.8) is 0 Å². The van der Waals surface area contributed by atoms with Gasteiger partial charge in [-0.2, -0.15) is 0 Å². The lowest BCUT2D eigenvalue weighted by Crippen LogP contribution is -2.66. The summed E-state index contributed by atoms with van der Waals surface area (Å²) < 4.78 is 16.0. The number of ether oxygens (including phenoxy) is 3. The molecule has 4 rings (SSSR count). The van der Waals surface area contributed by atoms with E-state index in [4.69, 9.17) is 37.4 Å². The molecule has 5 atom stereocenters. The van der Waals surface area contributed by atoms with Crippen molar-refractivity contribution >= 4 is 52.7 Å². The Kier molecular flexibility index (Phi) is 9.29. The fraction of sp³-hybridized carbons (Fsp3) is 0.400. The van der Waals surface area contributed by atoms with Crippen LogP contribution in [0.3, 0.4) is 0 Å². The van der Waals surface area contributed by atoms with E-state index < -0.39 is 49.4 Å². The van der Waals surface area contributed by atoms with Gasteiger partial charge in [0.05, 0.1) is 0 Å². The molecule has 2 aromatic carbocycles. The third kappa shape index (κ3) is 7.27. The normalized spacial score (nSPS) is 25.0. The van der Waals surface area contributed by atoms with Crippen LogP contribution in [0.25, 0.3) is 0 Å². The second-order valence-corrected chi connectivity index (χ2v) is 9.83. The summed E-state index contributed by atoms with van der Waals surface area (Å²) in [6, 6.07) is 11.4. The SMILES string of the molecule is O=C(Nc1cccc(Cl)c1)OC[C@H]1O[C@@H](O)[C@H](NC(=O)C2CCC2)[C@@H](OC(=O)Nc2cccc(Cl)c2)[C@@H]1O. The summed E-state index contributed by atoms with van der Waals surface area (Å²) in [5, 5.41) is 30.0. The molecule has 204 valence electrons. The average molecular weight is 568 g/mol. The number of rotatable bonds is 7. The van der Waals surface area contributed by atoms with Gasteiger partial charge in [-0.05, 0) is 49.2 Å². The summed E-state index contributed by atoms with van der Waals surface area (Å²) in [4.78, 5) is 37.5. The molecule has 3 amide bonds. The van der Waals surface area contributed by atoms with Crippen molar-refractivity contribution < 1.29 is 38.8 Å². The van der Waals surface area contributed by atoms with Gasteiger partial charge in [0.15, 0.2) is 12.4 Å². The van der Waals surface area contributed by atoms with Gasteiger partial charge >= 0.3 is 12.2 Å². The molecule has 1 saturated carbocycles. The monoisotopic (exact) mass is 567 g/mol. The molecule has 2 aromatic rings. The first-order valence-electron chi connectivity index (χ1n) is 11.9. The fourth-order valence-corrected chi connectivity index (χ4v) is 4.41. The van der Waals surface area contributed by atoms with Gasteiger partial charge < -0.3 is 29.7 Å². The number of aliphatic hydroxyl groups excluding tert-OH is 2. The highest BCUT2D eigenvalue weighted by atomic mass is 35.5.